The molecular formula is C13H26O2. The smallest absolute Gasteiger partial charge is 0.303 e. The highest BCUT2D eigenvalue weighted by molar-refractivity contribution is 5.66. The lowest BCUT2D eigenvalue weighted by atomic mass is 9.92. The Bertz CT molecular complexity index is 155. The minimum atomic E-state index is -0.633. The van der Waals surface area contributed by atoms with Gasteiger partial charge in [-0.05, 0) is 18.8 Å². The van der Waals surface area contributed by atoms with Crippen molar-refractivity contribution in [3.05, 3.63) is 0 Å². The van der Waals surface area contributed by atoms with Crippen LogP contribution in [-0.2, 0) is 4.79 Å². The number of carboxylic acids is 1. The van der Waals surface area contributed by atoms with Crippen molar-refractivity contribution in [3.63, 3.8) is 0 Å². The van der Waals surface area contributed by atoms with E-state index in [1.165, 1.54) is 38.5 Å². The summed E-state index contributed by atoms with van der Waals surface area (Å²) >= 11 is 0. The van der Waals surface area contributed by atoms with Gasteiger partial charge in [0.1, 0.15) is 0 Å². The van der Waals surface area contributed by atoms with Gasteiger partial charge in [-0.25, -0.2) is 0 Å². The Morgan fingerprint density at radius 1 is 1.00 bits per heavy atom. The molecule has 90 valence electrons. The van der Waals surface area contributed by atoms with Crippen LogP contribution in [0.5, 0.6) is 0 Å². The highest BCUT2D eigenvalue weighted by Crippen LogP contribution is 2.20. The molecule has 0 bridgehead atoms. The molecule has 0 rings (SSSR count). The average molecular weight is 214 g/mol. The van der Waals surface area contributed by atoms with Crippen LogP contribution in [0.2, 0.25) is 0 Å². The first kappa shape index (κ1) is 14.5. The molecule has 15 heavy (non-hydrogen) atoms. The zero-order valence-electron chi connectivity index (χ0n) is 10.3. The monoisotopic (exact) mass is 214 g/mol. The molecule has 2 nitrogen and oxygen atoms in total. The van der Waals surface area contributed by atoms with E-state index in [0.29, 0.717) is 12.3 Å². The van der Waals surface area contributed by atoms with Crippen LogP contribution in [0.15, 0.2) is 0 Å². The van der Waals surface area contributed by atoms with Gasteiger partial charge in [-0.3, -0.25) is 4.79 Å². The highest BCUT2D eigenvalue weighted by atomic mass is 16.4. The lowest BCUT2D eigenvalue weighted by molar-refractivity contribution is -0.138. The van der Waals surface area contributed by atoms with Gasteiger partial charge in [0.15, 0.2) is 0 Å². The van der Waals surface area contributed by atoms with Gasteiger partial charge in [0.25, 0.3) is 0 Å². The quantitative estimate of drug-likeness (QED) is 0.552. The first-order valence-electron chi connectivity index (χ1n) is 6.42. The second-order valence-electron chi connectivity index (χ2n) is 4.46. The summed E-state index contributed by atoms with van der Waals surface area (Å²) in [4.78, 5) is 10.7. The fourth-order valence-electron chi connectivity index (χ4n) is 1.95. The third kappa shape index (κ3) is 9.77. The van der Waals surface area contributed by atoms with Gasteiger partial charge in [0.05, 0.1) is 0 Å². The van der Waals surface area contributed by atoms with Crippen molar-refractivity contribution in [2.24, 2.45) is 5.92 Å². The lowest BCUT2D eigenvalue weighted by Gasteiger charge is -2.13. The first-order valence-corrected chi connectivity index (χ1v) is 6.42. The van der Waals surface area contributed by atoms with Crippen molar-refractivity contribution in [1.29, 1.82) is 0 Å². The Hall–Kier alpha value is -0.530. The van der Waals surface area contributed by atoms with E-state index in [4.69, 9.17) is 5.11 Å². The van der Waals surface area contributed by atoms with Crippen molar-refractivity contribution < 1.29 is 9.90 Å². The SMILES string of the molecule is CCCCCCC(CCCC)CC(=O)O. The molecule has 0 radical (unpaired) electrons. The van der Waals surface area contributed by atoms with E-state index in [1.54, 1.807) is 0 Å². The zero-order valence-corrected chi connectivity index (χ0v) is 10.3. The number of hydrogen-bond acceptors (Lipinski definition) is 1. The van der Waals surface area contributed by atoms with Crippen LogP contribution < -0.4 is 0 Å². The molecule has 0 aliphatic heterocycles. The minimum Gasteiger partial charge on any atom is -0.481 e. The van der Waals surface area contributed by atoms with Crippen LogP contribution >= 0.6 is 0 Å². The lowest BCUT2D eigenvalue weighted by Crippen LogP contribution is -2.08. The van der Waals surface area contributed by atoms with Crippen LogP contribution in [0.4, 0.5) is 0 Å². The number of carboxylic acid groups (broad SMARTS) is 1. The Morgan fingerprint density at radius 2 is 1.60 bits per heavy atom. The Morgan fingerprint density at radius 3 is 2.13 bits per heavy atom. The van der Waals surface area contributed by atoms with E-state index >= 15 is 0 Å². The molecule has 2 heteroatoms. The Balaban J connectivity index is 3.64. The fourth-order valence-corrected chi connectivity index (χ4v) is 1.95. The van der Waals surface area contributed by atoms with Gasteiger partial charge in [-0.15, -0.1) is 0 Å². The van der Waals surface area contributed by atoms with Crippen molar-refractivity contribution in [2.75, 3.05) is 0 Å². The first-order chi connectivity index (χ1) is 7.20. The molecule has 1 atom stereocenters. The fraction of sp³-hybridized carbons (Fsp3) is 0.923. The maximum Gasteiger partial charge on any atom is 0.303 e. The van der Waals surface area contributed by atoms with E-state index < -0.39 is 5.97 Å². The van der Waals surface area contributed by atoms with Gasteiger partial charge in [-0.2, -0.15) is 0 Å². The summed E-state index contributed by atoms with van der Waals surface area (Å²) in [6.07, 6.45) is 9.91. The zero-order chi connectivity index (χ0) is 11.5. The Labute approximate surface area is 94.1 Å². The second-order valence-corrected chi connectivity index (χ2v) is 4.46. The van der Waals surface area contributed by atoms with Crippen molar-refractivity contribution in [2.45, 2.75) is 71.6 Å². The van der Waals surface area contributed by atoms with Crippen LogP contribution in [-0.4, -0.2) is 11.1 Å². The molecule has 0 spiro atoms. The molecule has 0 amide bonds. The normalized spacial score (nSPS) is 12.7. The summed E-state index contributed by atoms with van der Waals surface area (Å²) in [6.45, 7) is 4.36. The molecule has 1 unspecified atom stereocenters. The Kier molecular flexibility index (Phi) is 9.65. The molecular weight excluding hydrogens is 188 g/mol. The predicted octanol–water partition coefficient (Wildman–Crippen LogP) is 4.24. The maximum atomic E-state index is 10.7. The number of hydrogen-bond donors (Lipinski definition) is 1. The van der Waals surface area contributed by atoms with E-state index in [2.05, 4.69) is 13.8 Å². The summed E-state index contributed by atoms with van der Waals surface area (Å²) in [5.74, 6) is -0.217. The van der Waals surface area contributed by atoms with E-state index in [1.807, 2.05) is 0 Å². The second kappa shape index (κ2) is 10.0. The van der Waals surface area contributed by atoms with Gasteiger partial charge in [-0.1, -0.05) is 52.4 Å². The number of unbranched alkanes of at least 4 members (excludes halogenated alkanes) is 4. The van der Waals surface area contributed by atoms with Gasteiger partial charge in [0, 0.05) is 6.42 Å². The van der Waals surface area contributed by atoms with Crippen molar-refractivity contribution in [3.8, 4) is 0 Å². The molecule has 0 saturated carbocycles. The van der Waals surface area contributed by atoms with Gasteiger partial charge in [0.2, 0.25) is 0 Å². The summed E-state index contributed by atoms with van der Waals surface area (Å²) in [6, 6.07) is 0. The maximum absolute atomic E-state index is 10.7. The van der Waals surface area contributed by atoms with Crippen LogP contribution in [0.25, 0.3) is 0 Å². The molecule has 0 saturated heterocycles. The average Bonchev–Trinajstić information content (AvgIpc) is 2.19. The minimum absolute atomic E-state index is 0.367. The van der Waals surface area contributed by atoms with Gasteiger partial charge >= 0.3 is 5.97 Å². The molecule has 0 fully saturated rings. The summed E-state index contributed by atoms with van der Waals surface area (Å²) in [5.41, 5.74) is 0. The van der Waals surface area contributed by atoms with Crippen molar-refractivity contribution in [1.82, 2.24) is 0 Å². The predicted molar refractivity (Wildman–Crippen MR) is 64.0 cm³/mol. The molecule has 0 aliphatic rings. The van der Waals surface area contributed by atoms with Crippen molar-refractivity contribution >= 4 is 5.97 Å². The molecule has 0 aromatic carbocycles. The molecule has 0 aromatic rings. The van der Waals surface area contributed by atoms with E-state index in [0.717, 1.165) is 12.8 Å². The number of rotatable bonds is 10. The van der Waals surface area contributed by atoms with Crippen LogP contribution in [0, 0.1) is 5.92 Å². The molecule has 1 N–H and O–H groups in total. The third-order valence-corrected chi connectivity index (χ3v) is 2.90. The number of aliphatic carboxylic acids is 1. The summed E-state index contributed by atoms with van der Waals surface area (Å²) in [5, 5.41) is 8.79. The largest absolute Gasteiger partial charge is 0.481 e. The van der Waals surface area contributed by atoms with E-state index in [9.17, 15) is 4.79 Å². The van der Waals surface area contributed by atoms with Crippen LogP contribution in [0.3, 0.4) is 0 Å². The highest BCUT2D eigenvalue weighted by Gasteiger charge is 2.11. The number of carbonyl (C=O) groups is 1. The topological polar surface area (TPSA) is 37.3 Å². The van der Waals surface area contributed by atoms with Gasteiger partial charge < -0.3 is 5.11 Å². The molecule has 0 heterocycles. The summed E-state index contributed by atoms with van der Waals surface area (Å²) < 4.78 is 0. The molecule has 0 aliphatic carbocycles. The summed E-state index contributed by atoms with van der Waals surface area (Å²) in [7, 11) is 0. The third-order valence-electron chi connectivity index (χ3n) is 2.90. The standard InChI is InChI=1S/C13H26O2/c1-3-5-7-8-10-12(9-6-4-2)11-13(14)15/h12H,3-11H2,1-2H3,(H,14,15). The van der Waals surface area contributed by atoms with Crippen LogP contribution in [0.1, 0.15) is 71.6 Å². The van der Waals surface area contributed by atoms with E-state index in [-0.39, 0.29) is 0 Å². The molecule has 0 aromatic heterocycles.